The average molecular weight is 199 g/mol. The molecule has 0 bridgehead atoms. The number of hydrogen-bond donors (Lipinski definition) is 1. The zero-order valence-electron chi connectivity index (χ0n) is 7.06. The van der Waals surface area contributed by atoms with Crippen LogP contribution in [0.4, 0.5) is 0 Å². The van der Waals surface area contributed by atoms with Gasteiger partial charge in [0.15, 0.2) is 0 Å². The highest BCUT2D eigenvalue weighted by Gasteiger charge is 2.01. The Balaban J connectivity index is 3.27. The van der Waals surface area contributed by atoms with Gasteiger partial charge in [0.1, 0.15) is 0 Å². The van der Waals surface area contributed by atoms with Crippen LogP contribution in [0, 0.1) is 0 Å². The van der Waals surface area contributed by atoms with E-state index in [2.05, 4.69) is 12.2 Å². The fourth-order valence-corrected chi connectivity index (χ4v) is 1.02. The molecule has 0 fully saturated rings. The van der Waals surface area contributed by atoms with Crippen molar-refractivity contribution in [3.05, 3.63) is 33.1 Å². The van der Waals surface area contributed by atoms with E-state index in [9.17, 15) is 9.59 Å². The van der Waals surface area contributed by atoms with Crippen LogP contribution in [0.15, 0.2) is 22.0 Å². The van der Waals surface area contributed by atoms with Crippen molar-refractivity contribution in [2.45, 2.75) is 6.54 Å². The highest BCUT2D eigenvalue weighted by molar-refractivity contribution is 7.80. The van der Waals surface area contributed by atoms with Crippen molar-refractivity contribution in [2.24, 2.45) is 12.8 Å². The third kappa shape index (κ3) is 2.03. The molecular formula is C7H9N3O2S. The largest absolute Gasteiger partial charge is 0.392 e. The molecule has 0 spiro atoms. The van der Waals surface area contributed by atoms with Crippen molar-refractivity contribution >= 4 is 17.2 Å². The molecule has 0 aliphatic carbocycles. The van der Waals surface area contributed by atoms with E-state index in [0.29, 0.717) is 0 Å². The van der Waals surface area contributed by atoms with E-state index in [1.54, 1.807) is 0 Å². The van der Waals surface area contributed by atoms with Crippen molar-refractivity contribution in [3.63, 3.8) is 0 Å². The Morgan fingerprint density at radius 1 is 1.46 bits per heavy atom. The summed E-state index contributed by atoms with van der Waals surface area (Å²) in [4.78, 5) is 22.5. The molecule has 1 heterocycles. The Bertz CT molecular complexity index is 446. The van der Waals surface area contributed by atoms with Crippen LogP contribution in [-0.4, -0.2) is 14.1 Å². The summed E-state index contributed by atoms with van der Waals surface area (Å²) in [7, 11) is 1.51. The molecule has 5 nitrogen and oxygen atoms in total. The van der Waals surface area contributed by atoms with Crippen LogP contribution >= 0.6 is 12.2 Å². The molecule has 0 radical (unpaired) electrons. The molecule has 13 heavy (non-hydrogen) atoms. The first-order valence-corrected chi connectivity index (χ1v) is 3.97. The van der Waals surface area contributed by atoms with Crippen LogP contribution in [0.3, 0.4) is 0 Å². The van der Waals surface area contributed by atoms with Gasteiger partial charge in [-0.15, -0.1) is 0 Å². The first-order valence-electron chi connectivity index (χ1n) is 3.56. The van der Waals surface area contributed by atoms with Crippen molar-refractivity contribution in [1.82, 2.24) is 9.13 Å². The Morgan fingerprint density at radius 3 is 2.62 bits per heavy atom. The van der Waals surface area contributed by atoms with E-state index >= 15 is 0 Å². The topological polar surface area (TPSA) is 70.0 Å². The maximum absolute atomic E-state index is 11.2. The third-order valence-electron chi connectivity index (χ3n) is 1.56. The van der Waals surface area contributed by atoms with Gasteiger partial charge in [-0.1, -0.05) is 12.2 Å². The van der Waals surface area contributed by atoms with Gasteiger partial charge in [0.25, 0.3) is 0 Å². The van der Waals surface area contributed by atoms with Crippen molar-refractivity contribution in [2.75, 3.05) is 0 Å². The van der Waals surface area contributed by atoms with Gasteiger partial charge in [-0.05, 0) is 0 Å². The van der Waals surface area contributed by atoms with Gasteiger partial charge in [-0.3, -0.25) is 9.59 Å². The van der Waals surface area contributed by atoms with E-state index in [-0.39, 0.29) is 11.5 Å². The number of nitrogens with two attached hydrogens (primary N) is 1. The van der Waals surface area contributed by atoms with E-state index in [0.717, 1.165) is 0 Å². The lowest BCUT2D eigenvalue weighted by Crippen LogP contribution is -2.41. The second-order valence-electron chi connectivity index (χ2n) is 2.61. The van der Waals surface area contributed by atoms with Gasteiger partial charge < -0.3 is 14.9 Å². The van der Waals surface area contributed by atoms with Gasteiger partial charge in [-0.2, -0.15) is 0 Å². The van der Waals surface area contributed by atoms with Crippen LogP contribution in [0.25, 0.3) is 0 Å². The first kappa shape index (κ1) is 9.66. The second-order valence-corrected chi connectivity index (χ2v) is 3.14. The molecule has 0 saturated carbocycles. The lowest BCUT2D eigenvalue weighted by atomic mass is 10.5. The van der Waals surface area contributed by atoms with Crippen molar-refractivity contribution in [3.8, 4) is 0 Å². The van der Waals surface area contributed by atoms with E-state index in [1.165, 1.54) is 28.6 Å². The SMILES string of the molecule is Cn1ccn(CC(N)=S)c(=O)c1=O. The molecule has 70 valence electrons. The van der Waals surface area contributed by atoms with Crippen LogP contribution < -0.4 is 16.9 Å². The quantitative estimate of drug-likeness (QED) is 0.481. The summed E-state index contributed by atoms with van der Waals surface area (Å²) in [5.41, 5.74) is 4.05. The van der Waals surface area contributed by atoms with Gasteiger partial charge in [0, 0.05) is 19.4 Å². The smallest absolute Gasteiger partial charge is 0.316 e. The minimum atomic E-state index is -0.613. The van der Waals surface area contributed by atoms with E-state index in [4.69, 9.17) is 5.73 Å². The zero-order valence-corrected chi connectivity index (χ0v) is 7.87. The molecule has 1 rings (SSSR count). The molecule has 6 heteroatoms. The highest BCUT2D eigenvalue weighted by Crippen LogP contribution is 1.78. The maximum atomic E-state index is 11.2. The number of rotatable bonds is 2. The van der Waals surface area contributed by atoms with Crippen LogP contribution in [-0.2, 0) is 13.6 Å². The summed E-state index contributed by atoms with van der Waals surface area (Å²) in [5, 5.41) is 0. The van der Waals surface area contributed by atoms with Gasteiger partial charge in [-0.25, -0.2) is 0 Å². The summed E-state index contributed by atoms with van der Waals surface area (Å²) < 4.78 is 2.39. The lowest BCUT2D eigenvalue weighted by Gasteiger charge is -2.03. The summed E-state index contributed by atoms with van der Waals surface area (Å²) >= 11 is 4.62. The second kappa shape index (κ2) is 3.53. The molecule has 0 saturated heterocycles. The average Bonchev–Trinajstić information content (AvgIpc) is 2.06. The van der Waals surface area contributed by atoms with Gasteiger partial charge >= 0.3 is 11.1 Å². The number of thiocarbonyl (C=S) groups is 1. The number of nitrogens with zero attached hydrogens (tertiary/aromatic N) is 2. The summed E-state index contributed by atoms with van der Waals surface area (Å²) in [6.07, 6.45) is 2.96. The standard InChI is InChI=1S/C7H9N3O2S/c1-9-2-3-10(4-5(8)13)7(12)6(9)11/h2-3H,4H2,1H3,(H2,8,13). The monoisotopic (exact) mass is 199 g/mol. The summed E-state index contributed by atoms with van der Waals surface area (Å²) in [6.45, 7) is 0.101. The lowest BCUT2D eigenvalue weighted by molar-refractivity contribution is 0.721. The van der Waals surface area contributed by atoms with Crippen LogP contribution in [0.1, 0.15) is 0 Å². The molecule has 0 aliphatic rings. The molecule has 2 N–H and O–H groups in total. The maximum Gasteiger partial charge on any atom is 0.316 e. The minimum Gasteiger partial charge on any atom is -0.392 e. The number of aromatic nitrogens is 2. The van der Waals surface area contributed by atoms with Crippen molar-refractivity contribution in [1.29, 1.82) is 0 Å². The normalized spacial score (nSPS) is 9.92. The van der Waals surface area contributed by atoms with E-state index in [1.807, 2.05) is 0 Å². The summed E-state index contributed by atoms with van der Waals surface area (Å²) in [5.74, 6) is 0. The minimum absolute atomic E-state index is 0.101. The molecule has 0 amide bonds. The molecule has 0 aromatic carbocycles. The highest BCUT2D eigenvalue weighted by atomic mass is 32.1. The predicted molar refractivity (Wildman–Crippen MR) is 52.7 cm³/mol. The zero-order chi connectivity index (χ0) is 10.0. The molecule has 1 aromatic rings. The molecule has 0 aliphatic heterocycles. The Hall–Kier alpha value is -1.43. The third-order valence-corrected chi connectivity index (χ3v) is 1.69. The molecular weight excluding hydrogens is 190 g/mol. The van der Waals surface area contributed by atoms with Gasteiger partial charge in [0.05, 0.1) is 11.5 Å². The fraction of sp³-hybridized carbons (Fsp3) is 0.286. The van der Waals surface area contributed by atoms with Crippen LogP contribution in [0.5, 0.6) is 0 Å². The predicted octanol–water partition coefficient (Wildman–Crippen LogP) is -1.17. The van der Waals surface area contributed by atoms with E-state index < -0.39 is 11.1 Å². The Morgan fingerprint density at radius 2 is 2.08 bits per heavy atom. The molecule has 1 aromatic heterocycles. The first-order chi connectivity index (χ1) is 6.02. The molecule has 0 atom stereocenters. The molecule has 0 unspecified atom stereocenters. The Kier molecular flexibility index (Phi) is 2.62. The fourth-order valence-electron chi connectivity index (χ4n) is 0.882. The number of aryl methyl sites for hydroxylation is 1. The number of hydrogen-bond acceptors (Lipinski definition) is 3. The van der Waals surface area contributed by atoms with Crippen molar-refractivity contribution < 1.29 is 0 Å². The van der Waals surface area contributed by atoms with Gasteiger partial charge in [0.2, 0.25) is 0 Å². The summed E-state index contributed by atoms with van der Waals surface area (Å²) in [6, 6.07) is 0. The Labute approximate surface area is 79.4 Å². The van der Waals surface area contributed by atoms with Crippen LogP contribution in [0.2, 0.25) is 0 Å².